The number of carboxylic acid groups (broad SMARTS) is 1. The molecule has 0 bridgehead atoms. The number of carbonyl (C=O) groups excluding carboxylic acids is 1. The van der Waals surface area contributed by atoms with Crippen LogP contribution in [-0.2, 0) is 9.47 Å². The van der Waals surface area contributed by atoms with Crippen LogP contribution in [0, 0.1) is 0 Å². The molecule has 1 aromatic heterocycles. The van der Waals surface area contributed by atoms with Gasteiger partial charge in [0.1, 0.15) is 34.5 Å². The lowest BCUT2D eigenvalue weighted by molar-refractivity contribution is 0.0178. The van der Waals surface area contributed by atoms with Gasteiger partial charge in [0.05, 0.1) is 19.3 Å². The van der Waals surface area contributed by atoms with Gasteiger partial charge in [-0.2, -0.15) is 0 Å². The molecule has 2 N–H and O–H groups in total. The number of halogens is 1. The second-order valence-electron chi connectivity index (χ2n) is 8.43. The van der Waals surface area contributed by atoms with E-state index in [-0.39, 0.29) is 41.0 Å². The first-order chi connectivity index (χ1) is 14.6. The Bertz CT molecular complexity index is 810. The molecular formula is C20H29ClN4O6. The van der Waals surface area contributed by atoms with Gasteiger partial charge in [-0.25, -0.2) is 14.6 Å². The summed E-state index contributed by atoms with van der Waals surface area (Å²) in [4.78, 5) is 32.1. The second-order valence-corrected chi connectivity index (χ2v) is 8.82. The van der Waals surface area contributed by atoms with Gasteiger partial charge in [0.15, 0.2) is 0 Å². The molecular weight excluding hydrogens is 428 g/mol. The van der Waals surface area contributed by atoms with Crippen molar-refractivity contribution in [1.82, 2.24) is 15.2 Å². The molecule has 0 spiro atoms. The SMILES string of the molecule is CC(C)(C)OC(=O)N1CCNC(COc2cc(Cl)nc(N3CCOCC3)c2C(=O)O)C1. The molecule has 31 heavy (non-hydrogen) atoms. The summed E-state index contributed by atoms with van der Waals surface area (Å²) in [7, 11) is 0. The fourth-order valence-corrected chi connectivity index (χ4v) is 3.60. The van der Waals surface area contributed by atoms with Crippen molar-refractivity contribution in [2.45, 2.75) is 32.4 Å². The Balaban J connectivity index is 1.71. The van der Waals surface area contributed by atoms with Crippen LogP contribution in [0.3, 0.4) is 0 Å². The number of anilines is 1. The van der Waals surface area contributed by atoms with Gasteiger partial charge in [-0.05, 0) is 20.8 Å². The van der Waals surface area contributed by atoms with E-state index in [4.69, 9.17) is 25.8 Å². The van der Waals surface area contributed by atoms with E-state index >= 15 is 0 Å². The van der Waals surface area contributed by atoms with Gasteiger partial charge in [-0.1, -0.05) is 11.6 Å². The molecule has 2 fully saturated rings. The second kappa shape index (κ2) is 9.88. The average molecular weight is 457 g/mol. The van der Waals surface area contributed by atoms with E-state index < -0.39 is 11.6 Å². The maximum atomic E-state index is 12.4. The number of morpholine rings is 1. The Labute approximate surface area is 186 Å². The normalized spacial score (nSPS) is 19.8. The van der Waals surface area contributed by atoms with Gasteiger partial charge in [0, 0.05) is 38.8 Å². The summed E-state index contributed by atoms with van der Waals surface area (Å²) in [6.07, 6.45) is -0.383. The summed E-state index contributed by atoms with van der Waals surface area (Å²) in [5.41, 5.74) is -0.611. The molecule has 0 saturated carbocycles. The first-order valence-electron chi connectivity index (χ1n) is 10.2. The zero-order chi connectivity index (χ0) is 22.6. The molecule has 1 amide bonds. The topological polar surface area (TPSA) is 113 Å². The number of hydrogen-bond donors (Lipinski definition) is 2. The Morgan fingerprint density at radius 2 is 2.03 bits per heavy atom. The number of pyridine rings is 1. The van der Waals surface area contributed by atoms with Crippen molar-refractivity contribution in [3.63, 3.8) is 0 Å². The van der Waals surface area contributed by atoms with Crippen LogP contribution in [0.1, 0.15) is 31.1 Å². The Hall–Kier alpha value is -2.30. The van der Waals surface area contributed by atoms with E-state index in [0.29, 0.717) is 45.9 Å². The van der Waals surface area contributed by atoms with Crippen molar-refractivity contribution in [3.05, 3.63) is 16.8 Å². The molecule has 3 rings (SSSR count). The van der Waals surface area contributed by atoms with Gasteiger partial charge >= 0.3 is 12.1 Å². The minimum Gasteiger partial charge on any atom is -0.491 e. The van der Waals surface area contributed by atoms with Crippen LogP contribution in [0.15, 0.2) is 6.07 Å². The van der Waals surface area contributed by atoms with Crippen molar-refractivity contribution < 1.29 is 28.9 Å². The lowest BCUT2D eigenvalue weighted by Gasteiger charge is -2.35. The maximum Gasteiger partial charge on any atom is 0.410 e. The summed E-state index contributed by atoms with van der Waals surface area (Å²) in [6, 6.07) is 1.21. The van der Waals surface area contributed by atoms with Crippen molar-refractivity contribution in [1.29, 1.82) is 0 Å². The number of hydrogen-bond acceptors (Lipinski definition) is 8. The van der Waals surface area contributed by atoms with Gasteiger partial charge in [-0.3, -0.25) is 0 Å². The molecule has 1 aromatic rings. The summed E-state index contributed by atoms with van der Waals surface area (Å²) in [5, 5.41) is 13.2. The number of aromatic nitrogens is 1. The molecule has 2 saturated heterocycles. The monoisotopic (exact) mass is 456 g/mol. The number of amides is 1. The summed E-state index contributed by atoms with van der Waals surface area (Å²) >= 11 is 6.17. The average Bonchev–Trinajstić information content (AvgIpc) is 2.71. The fourth-order valence-electron chi connectivity index (χ4n) is 3.42. The number of carboxylic acids is 1. The number of piperazine rings is 1. The third-order valence-electron chi connectivity index (χ3n) is 4.80. The van der Waals surface area contributed by atoms with Gasteiger partial charge in [0.25, 0.3) is 0 Å². The van der Waals surface area contributed by atoms with Crippen LogP contribution in [0.4, 0.5) is 10.6 Å². The highest BCUT2D eigenvalue weighted by Gasteiger charge is 2.29. The Kier molecular flexibility index (Phi) is 7.45. The van der Waals surface area contributed by atoms with Crippen LogP contribution in [-0.4, -0.2) is 91.2 Å². The molecule has 0 aliphatic carbocycles. The highest BCUT2D eigenvalue weighted by Crippen LogP contribution is 2.31. The minimum absolute atomic E-state index is 0.0360. The first-order valence-corrected chi connectivity index (χ1v) is 10.6. The number of carbonyl (C=O) groups is 2. The summed E-state index contributed by atoms with van der Waals surface area (Å²) < 4.78 is 16.6. The summed E-state index contributed by atoms with van der Waals surface area (Å²) in [6.45, 7) is 9.09. The minimum atomic E-state index is -1.15. The van der Waals surface area contributed by atoms with E-state index in [0.717, 1.165) is 0 Å². The molecule has 10 nitrogen and oxygen atoms in total. The first kappa shape index (κ1) is 23.4. The zero-order valence-corrected chi connectivity index (χ0v) is 18.8. The lowest BCUT2D eigenvalue weighted by atomic mass is 10.2. The summed E-state index contributed by atoms with van der Waals surface area (Å²) in [5.74, 6) is -0.733. The molecule has 11 heteroatoms. The Morgan fingerprint density at radius 1 is 1.32 bits per heavy atom. The third-order valence-corrected chi connectivity index (χ3v) is 5.00. The number of nitrogens with one attached hydrogen (secondary N) is 1. The molecule has 2 aliphatic heterocycles. The maximum absolute atomic E-state index is 12.4. The molecule has 0 radical (unpaired) electrons. The van der Waals surface area contributed by atoms with E-state index in [1.54, 1.807) is 4.90 Å². The number of aromatic carboxylic acids is 1. The lowest BCUT2D eigenvalue weighted by Crippen LogP contribution is -2.55. The van der Waals surface area contributed by atoms with Crippen molar-refractivity contribution in [2.24, 2.45) is 0 Å². The van der Waals surface area contributed by atoms with Crippen LogP contribution in [0.2, 0.25) is 5.15 Å². The van der Waals surface area contributed by atoms with Crippen LogP contribution >= 0.6 is 11.6 Å². The highest BCUT2D eigenvalue weighted by atomic mass is 35.5. The van der Waals surface area contributed by atoms with E-state index in [1.807, 2.05) is 25.7 Å². The zero-order valence-electron chi connectivity index (χ0n) is 18.0. The smallest absolute Gasteiger partial charge is 0.410 e. The largest absolute Gasteiger partial charge is 0.491 e. The van der Waals surface area contributed by atoms with Crippen LogP contribution in [0.5, 0.6) is 5.75 Å². The van der Waals surface area contributed by atoms with E-state index in [9.17, 15) is 14.7 Å². The van der Waals surface area contributed by atoms with Gasteiger partial charge < -0.3 is 34.4 Å². The predicted octanol–water partition coefficient (Wildman–Crippen LogP) is 1.86. The fraction of sp³-hybridized carbons (Fsp3) is 0.650. The van der Waals surface area contributed by atoms with Crippen molar-refractivity contribution >= 4 is 29.5 Å². The van der Waals surface area contributed by atoms with Gasteiger partial charge in [0.2, 0.25) is 0 Å². The molecule has 1 unspecified atom stereocenters. The van der Waals surface area contributed by atoms with Gasteiger partial charge in [-0.15, -0.1) is 0 Å². The predicted molar refractivity (Wildman–Crippen MR) is 114 cm³/mol. The molecule has 0 aromatic carbocycles. The van der Waals surface area contributed by atoms with Crippen LogP contribution < -0.4 is 15.0 Å². The Morgan fingerprint density at radius 3 is 2.68 bits per heavy atom. The number of ether oxygens (including phenoxy) is 3. The third kappa shape index (κ3) is 6.34. The molecule has 1 atom stereocenters. The molecule has 172 valence electrons. The highest BCUT2D eigenvalue weighted by molar-refractivity contribution is 6.29. The molecule has 2 aliphatic rings. The molecule has 3 heterocycles. The quantitative estimate of drug-likeness (QED) is 0.640. The van der Waals surface area contributed by atoms with Crippen LogP contribution in [0.25, 0.3) is 0 Å². The number of nitrogens with zero attached hydrogens (tertiary/aromatic N) is 3. The van der Waals surface area contributed by atoms with E-state index in [1.165, 1.54) is 6.07 Å². The van der Waals surface area contributed by atoms with E-state index in [2.05, 4.69) is 10.3 Å². The van der Waals surface area contributed by atoms with Crippen molar-refractivity contribution in [2.75, 3.05) is 57.4 Å². The van der Waals surface area contributed by atoms with Crippen molar-refractivity contribution in [3.8, 4) is 5.75 Å². The standard InChI is InChI=1S/C20H29ClN4O6/c1-20(2,3)31-19(28)25-5-4-22-13(11-25)12-30-14-10-15(21)23-17(16(14)18(26)27)24-6-8-29-9-7-24/h10,13,22H,4-9,11-12H2,1-3H3,(H,26,27). The number of rotatable bonds is 5.